The first-order chi connectivity index (χ1) is 21.9. The third-order valence-corrected chi connectivity index (χ3v) is 10.6. The summed E-state index contributed by atoms with van der Waals surface area (Å²) in [4.78, 5) is 24.3. The zero-order valence-electron chi connectivity index (χ0n) is 25.9. The summed E-state index contributed by atoms with van der Waals surface area (Å²) in [5.74, 6) is -1.47. The lowest BCUT2D eigenvalue weighted by atomic mass is 9.43. The van der Waals surface area contributed by atoms with Crippen LogP contribution >= 0.6 is 23.2 Å². The quantitative estimate of drug-likeness (QED) is 0.341. The van der Waals surface area contributed by atoms with E-state index in [9.17, 15) is 9.90 Å². The third-order valence-electron chi connectivity index (χ3n) is 10.2. The van der Waals surface area contributed by atoms with Crippen molar-refractivity contribution in [1.29, 1.82) is 0 Å². The van der Waals surface area contributed by atoms with Crippen LogP contribution in [0.5, 0.6) is 0 Å². The Morgan fingerprint density at radius 2 is 1.60 bits per heavy atom. The van der Waals surface area contributed by atoms with Gasteiger partial charge in [-0.1, -0.05) is 49.2 Å². The molecule has 0 unspecified atom stereocenters. The van der Waals surface area contributed by atoms with Crippen molar-refractivity contribution in [3.05, 3.63) is 92.7 Å². The molecule has 47 heavy (non-hydrogen) atoms. The maximum absolute atomic E-state index is 17.0. The van der Waals surface area contributed by atoms with E-state index >= 15 is 8.78 Å². The molecule has 1 saturated heterocycles. The van der Waals surface area contributed by atoms with Gasteiger partial charge in [0, 0.05) is 59.8 Å². The number of nitrogens with zero attached hydrogens (tertiary/aromatic N) is 3. The van der Waals surface area contributed by atoms with E-state index in [1.807, 2.05) is 0 Å². The van der Waals surface area contributed by atoms with Crippen LogP contribution in [0.4, 0.5) is 8.78 Å². The maximum atomic E-state index is 17.0. The molecule has 6 rings (SSSR count). The van der Waals surface area contributed by atoms with Crippen LogP contribution < -0.4 is 0 Å². The molecule has 1 atom stereocenters. The first kappa shape index (κ1) is 34.4. The summed E-state index contributed by atoms with van der Waals surface area (Å²) in [6, 6.07) is 8.78. The molecule has 15 heteroatoms. The highest BCUT2D eigenvalue weighted by molar-refractivity contribution is 6.45. The molecule has 1 amide bonds. The van der Waals surface area contributed by atoms with Crippen LogP contribution in [-0.2, 0) is 27.2 Å². The summed E-state index contributed by atoms with van der Waals surface area (Å²) < 4.78 is 45.5. The maximum Gasteiger partial charge on any atom is 0.257 e. The van der Waals surface area contributed by atoms with E-state index in [1.165, 1.54) is 53.7 Å². The van der Waals surface area contributed by atoms with Crippen LogP contribution in [0.15, 0.2) is 48.8 Å². The average molecular weight is 672 g/mol. The van der Waals surface area contributed by atoms with E-state index in [-0.39, 0.29) is 78.5 Å². The number of ether oxygens (including phenoxy) is 2. The second-order valence-corrected chi connectivity index (χ2v) is 14.1. The number of hydrogen-bond acceptors (Lipinski definition) is 6. The van der Waals surface area contributed by atoms with Gasteiger partial charge < -0.3 is 14.6 Å². The van der Waals surface area contributed by atoms with Crippen molar-refractivity contribution in [2.45, 2.75) is 73.7 Å². The highest BCUT2D eigenvalue weighted by atomic mass is 35.5. The number of alkyl halides is 1. The Kier molecular flexibility index (Phi) is 8.48. The summed E-state index contributed by atoms with van der Waals surface area (Å²) in [7, 11) is 25.2. The Balaban J connectivity index is 1.61. The summed E-state index contributed by atoms with van der Waals surface area (Å²) in [6.07, 6.45) is 3.21. The Bertz CT molecular complexity index is 1700. The predicted molar refractivity (Wildman–Crippen MR) is 176 cm³/mol. The number of benzene rings is 2. The van der Waals surface area contributed by atoms with Gasteiger partial charge in [0.25, 0.3) is 5.91 Å². The smallest absolute Gasteiger partial charge is 0.257 e. The van der Waals surface area contributed by atoms with Crippen LogP contribution in [0.25, 0.3) is 0 Å². The lowest BCUT2D eigenvalue weighted by Crippen LogP contribution is -2.62. The van der Waals surface area contributed by atoms with Crippen LogP contribution in [0.2, 0.25) is 10.0 Å². The molecule has 3 aromatic rings. The first-order valence-corrected chi connectivity index (χ1v) is 15.9. The molecule has 236 valence electrons. The fourth-order valence-electron chi connectivity index (χ4n) is 6.94. The standard InChI is InChI=1S/C32H29B4Cl2F2N3O4/c1-27(2,29(40)9-11-46-12-10-29)19-13-22-25(23(39)14-19)30(18-3-5-20(37)6-4-18,47-32(35,36)28(7-8-28)31(33,34)45)43(26(22)44)17-24-41-15-21(38)16-42-24/h3-6,13-16,45H,7-12,17H2,1-2H3/t30-/m1/s1. The molecule has 1 aliphatic carbocycles. The number of halogens is 4. The molecule has 2 aromatic carbocycles. The van der Waals surface area contributed by atoms with E-state index in [0.717, 1.165) is 0 Å². The van der Waals surface area contributed by atoms with Gasteiger partial charge in [0.1, 0.15) is 33.0 Å². The second kappa shape index (κ2) is 11.6. The van der Waals surface area contributed by atoms with E-state index in [1.54, 1.807) is 13.8 Å². The molecule has 7 nitrogen and oxygen atoms in total. The van der Waals surface area contributed by atoms with Crippen LogP contribution in [0, 0.1) is 11.2 Å². The number of aliphatic hydroxyl groups is 1. The highest BCUT2D eigenvalue weighted by Gasteiger charge is 2.66. The lowest BCUT2D eigenvalue weighted by Gasteiger charge is -2.51. The number of carbonyl (C=O) groups is 1. The van der Waals surface area contributed by atoms with Crippen molar-refractivity contribution in [1.82, 2.24) is 14.9 Å². The molecule has 0 bridgehead atoms. The van der Waals surface area contributed by atoms with Gasteiger partial charge in [0.2, 0.25) is 0 Å². The number of rotatable bonds is 9. The summed E-state index contributed by atoms with van der Waals surface area (Å²) in [6.45, 7) is 3.42. The molecule has 2 aliphatic heterocycles. The van der Waals surface area contributed by atoms with Gasteiger partial charge in [0.15, 0.2) is 5.72 Å². The number of fused-ring (bicyclic) bond motifs is 1. The van der Waals surface area contributed by atoms with Crippen molar-refractivity contribution >= 4 is 60.5 Å². The summed E-state index contributed by atoms with van der Waals surface area (Å²) >= 11 is 12.3. The summed E-state index contributed by atoms with van der Waals surface area (Å²) in [5, 5.41) is 6.62. The van der Waals surface area contributed by atoms with E-state index in [2.05, 4.69) is 9.97 Å². The number of carbonyl (C=O) groups excluding carboxylic acids is 1. The van der Waals surface area contributed by atoms with Gasteiger partial charge in [-0.2, -0.15) is 0 Å². The Morgan fingerprint density at radius 1 is 1.00 bits per heavy atom. The number of hydrogen-bond donors (Lipinski definition) is 1. The molecular weight excluding hydrogens is 643 g/mol. The van der Waals surface area contributed by atoms with Gasteiger partial charge in [0.05, 0.1) is 38.4 Å². The van der Waals surface area contributed by atoms with Crippen LogP contribution in [0.3, 0.4) is 0 Å². The van der Waals surface area contributed by atoms with Crippen molar-refractivity contribution in [3.8, 4) is 0 Å². The second-order valence-electron chi connectivity index (χ2n) is 13.2. The van der Waals surface area contributed by atoms with Gasteiger partial charge in [-0.3, -0.25) is 9.69 Å². The molecule has 1 aromatic heterocycles. The van der Waals surface area contributed by atoms with Gasteiger partial charge in [-0.05, 0) is 53.5 Å². The molecule has 0 spiro atoms. The zero-order valence-corrected chi connectivity index (χ0v) is 27.4. The van der Waals surface area contributed by atoms with Gasteiger partial charge >= 0.3 is 0 Å². The van der Waals surface area contributed by atoms with Crippen molar-refractivity contribution in [3.63, 3.8) is 0 Å². The molecule has 1 saturated carbocycles. The van der Waals surface area contributed by atoms with Crippen molar-refractivity contribution < 1.29 is 28.2 Å². The van der Waals surface area contributed by atoms with E-state index in [4.69, 9.17) is 64.1 Å². The predicted octanol–water partition coefficient (Wildman–Crippen LogP) is 4.35. The fraction of sp³-hybridized carbons (Fsp3) is 0.469. The lowest BCUT2D eigenvalue weighted by molar-refractivity contribution is -0.169. The molecular formula is C32H29B4Cl2F2N3O4. The monoisotopic (exact) mass is 671 g/mol. The normalized spacial score (nSPS) is 22.3. The fourth-order valence-corrected chi connectivity index (χ4v) is 7.16. The third kappa shape index (κ3) is 5.45. The minimum absolute atomic E-state index is 0.0938. The number of aromatic nitrogens is 2. The van der Waals surface area contributed by atoms with Crippen molar-refractivity contribution in [2.24, 2.45) is 5.41 Å². The van der Waals surface area contributed by atoms with Crippen molar-refractivity contribution in [2.75, 3.05) is 13.2 Å². The molecule has 8 radical (unpaired) electrons. The molecule has 3 aliphatic rings. The van der Waals surface area contributed by atoms with Gasteiger partial charge in [-0.25, -0.2) is 18.7 Å². The molecule has 1 N–H and O–H groups in total. The Morgan fingerprint density at radius 3 is 2.15 bits per heavy atom. The number of amides is 1. The van der Waals surface area contributed by atoms with Crippen LogP contribution in [-0.4, -0.2) is 86.9 Å². The average Bonchev–Trinajstić information content (AvgIpc) is 3.80. The SMILES string of the molecule is [B]C([B])(O)C1(C([B])([B])O[C@]2(c3ccc(Cl)cc3)c3c(F)cc(C(C)(C)C4(F)CCOCC4)cc3C(=O)N2Cc2ncc(Cl)cn2)CC1. The van der Waals surface area contributed by atoms with E-state index in [0.29, 0.717) is 5.02 Å². The Labute approximate surface area is 287 Å². The Hall–Kier alpha value is -2.43. The zero-order chi connectivity index (χ0) is 34.2. The van der Waals surface area contributed by atoms with E-state index < -0.39 is 44.7 Å². The molecule has 2 fully saturated rings. The minimum atomic E-state index is -2.40. The topological polar surface area (TPSA) is 84.8 Å². The van der Waals surface area contributed by atoms with Gasteiger partial charge in [-0.15, -0.1) is 0 Å². The largest absolute Gasteiger partial charge is 0.409 e. The first-order valence-electron chi connectivity index (χ1n) is 15.1. The minimum Gasteiger partial charge on any atom is -0.409 e. The van der Waals surface area contributed by atoms with Crippen LogP contribution in [0.1, 0.15) is 72.4 Å². The molecule has 3 heterocycles. The summed E-state index contributed by atoms with van der Waals surface area (Å²) in [5.41, 5.74) is -6.68. The highest BCUT2D eigenvalue weighted by Crippen LogP contribution is 2.62.